The number of rotatable bonds is 3. The fraction of sp³-hybridized carbons (Fsp3) is 0.857. The van der Waals surface area contributed by atoms with E-state index in [0.717, 1.165) is 13.1 Å². The van der Waals surface area contributed by atoms with Crippen LogP contribution in [-0.2, 0) is 9.59 Å². The van der Waals surface area contributed by atoms with E-state index in [4.69, 9.17) is 0 Å². The third-order valence-electron chi connectivity index (χ3n) is 4.27. The third-order valence-corrected chi connectivity index (χ3v) is 4.27. The molecule has 0 spiro atoms. The molecule has 5 heteroatoms. The first-order chi connectivity index (χ1) is 8.88. The molecule has 0 aromatic heterocycles. The molecule has 0 aromatic rings. The number of hydrogen-bond donors (Lipinski definition) is 1. The summed E-state index contributed by atoms with van der Waals surface area (Å²) in [6.07, 6.45) is 4.93. The summed E-state index contributed by atoms with van der Waals surface area (Å²) < 4.78 is 13.3. The Balaban J connectivity index is 1.80. The van der Waals surface area contributed by atoms with Gasteiger partial charge in [0.05, 0.1) is 6.54 Å². The summed E-state index contributed by atoms with van der Waals surface area (Å²) in [6, 6.07) is 0. The number of fused-ring (bicyclic) bond motifs is 1. The normalized spacial score (nSPS) is 27.0. The van der Waals surface area contributed by atoms with Gasteiger partial charge < -0.3 is 10.2 Å². The molecule has 2 unspecified atom stereocenters. The molecule has 2 atom stereocenters. The highest BCUT2D eigenvalue weighted by Gasteiger charge is 2.36. The minimum atomic E-state index is -1.93. The second kappa shape index (κ2) is 5.47. The van der Waals surface area contributed by atoms with Gasteiger partial charge in [0.2, 0.25) is 5.91 Å². The predicted molar refractivity (Wildman–Crippen MR) is 70.2 cm³/mol. The minimum Gasteiger partial charge on any atom is -0.344 e. The first-order valence-electron chi connectivity index (χ1n) is 7.13. The quantitative estimate of drug-likeness (QED) is 0.845. The number of nitrogens with zero attached hydrogens (tertiary/aromatic N) is 1. The maximum atomic E-state index is 13.3. The van der Waals surface area contributed by atoms with Crippen molar-refractivity contribution in [3.63, 3.8) is 0 Å². The van der Waals surface area contributed by atoms with Crippen molar-refractivity contribution in [2.45, 2.75) is 45.2 Å². The highest BCUT2D eigenvalue weighted by molar-refractivity contribution is 5.88. The predicted octanol–water partition coefficient (Wildman–Crippen LogP) is 1.50. The molecular formula is C14H23FN2O2. The lowest BCUT2D eigenvalue weighted by Gasteiger charge is -2.22. The Bertz CT molecular complexity index is 351. The Kier molecular flexibility index (Phi) is 4.11. The van der Waals surface area contributed by atoms with Gasteiger partial charge in [0.25, 0.3) is 5.91 Å². The van der Waals surface area contributed by atoms with Crippen molar-refractivity contribution in [3.05, 3.63) is 0 Å². The number of carbonyl (C=O) groups excluding carboxylic acids is 2. The third kappa shape index (κ3) is 3.45. The second-order valence-electron chi connectivity index (χ2n) is 6.26. The van der Waals surface area contributed by atoms with Crippen molar-refractivity contribution >= 4 is 11.8 Å². The number of amides is 2. The molecule has 19 heavy (non-hydrogen) atoms. The zero-order chi connectivity index (χ0) is 14.0. The zero-order valence-electron chi connectivity index (χ0n) is 11.7. The zero-order valence-corrected chi connectivity index (χ0v) is 11.7. The van der Waals surface area contributed by atoms with E-state index in [2.05, 4.69) is 5.32 Å². The van der Waals surface area contributed by atoms with Crippen LogP contribution in [0.5, 0.6) is 0 Å². The van der Waals surface area contributed by atoms with Crippen molar-refractivity contribution < 1.29 is 14.0 Å². The monoisotopic (exact) mass is 270 g/mol. The van der Waals surface area contributed by atoms with Crippen LogP contribution >= 0.6 is 0 Å². The molecule has 1 heterocycles. The van der Waals surface area contributed by atoms with E-state index in [-0.39, 0.29) is 12.5 Å². The van der Waals surface area contributed by atoms with Gasteiger partial charge in [-0.1, -0.05) is 12.8 Å². The van der Waals surface area contributed by atoms with Gasteiger partial charge in [0, 0.05) is 13.1 Å². The van der Waals surface area contributed by atoms with Crippen LogP contribution < -0.4 is 5.32 Å². The molecular weight excluding hydrogens is 247 g/mol. The molecule has 1 saturated carbocycles. The van der Waals surface area contributed by atoms with Crippen molar-refractivity contribution in [2.24, 2.45) is 11.8 Å². The Morgan fingerprint density at radius 3 is 2.21 bits per heavy atom. The van der Waals surface area contributed by atoms with Gasteiger partial charge in [0.1, 0.15) is 0 Å². The van der Waals surface area contributed by atoms with Crippen LogP contribution in [0.25, 0.3) is 0 Å². The van der Waals surface area contributed by atoms with Crippen molar-refractivity contribution in [3.8, 4) is 0 Å². The molecule has 2 amide bonds. The first-order valence-corrected chi connectivity index (χ1v) is 7.13. The number of alkyl halides is 1. The standard InChI is InChI=1S/C14H23FN2O2/c1-14(2,15)13(19)16-7-12(18)17-8-10-5-3-4-6-11(10)9-17/h10-11H,3-9H2,1-2H3,(H,16,19). The number of likely N-dealkylation sites (tertiary alicyclic amines) is 1. The molecule has 0 aromatic carbocycles. The second-order valence-corrected chi connectivity index (χ2v) is 6.26. The summed E-state index contributed by atoms with van der Waals surface area (Å²) >= 11 is 0. The van der Waals surface area contributed by atoms with Gasteiger partial charge in [-0.25, -0.2) is 4.39 Å². The molecule has 4 nitrogen and oxygen atoms in total. The van der Waals surface area contributed by atoms with Gasteiger partial charge in [-0.05, 0) is 38.5 Å². The van der Waals surface area contributed by atoms with Crippen LogP contribution in [0.15, 0.2) is 0 Å². The van der Waals surface area contributed by atoms with Crippen molar-refractivity contribution in [1.29, 1.82) is 0 Å². The maximum absolute atomic E-state index is 13.3. The van der Waals surface area contributed by atoms with Gasteiger partial charge in [-0.2, -0.15) is 0 Å². The summed E-state index contributed by atoms with van der Waals surface area (Å²) in [5.74, 6) is 0.446. The van der Waals surface area contributed by atoms with E-state index in [1.807, 2.05) is 4.90 Å². The molecule has 1 aliphatic carbocycles. The Hall–Kier alpha value is -1.13. The van der Waals surface area contributed by atoms with Crippen LogP contribution in [0, 0.1) is 11.8 Å². The Morgan fingerprint density at radius 1 is 1.21 bits per heavy atom. The van der Waals surface area contributed by atoms with Crippen LogP contribution in [0.4, 0.5) is 4.39 Å². The van der Waals surface area contributed by atoms with Gasteiger partial charge in [-0.15, -0.1) is 0 Å². The van der Waals surface area contributed by atoms with E-state index >= 15 is 0 Å². The summed E-state index contributed by atoms with van der Waals surface area (Å²) in [4.78, 5) is 25.2. The lowest BCUT2D eigenvalue weighted by Crippen LogP contribution is -2.44. The molecule has 1 N–H and O–H groups in total. The fourth-order valence-electron chi connectivity index (χ4n) is 3.09. The van der Waals surface area contributed by atoms with Gasteiger partial charge in [-0.3, -0.25) is 9.59 Å². The Morgan fingerprint density at radius 2 is 1.74 bits per heavy atom. The van der Waals surface area contributed by atoms with Crippen LogP contribution in [0.3, 0.4) is 0 Å². The van der Waals surface area contributed by atoms with Crippen LogP contribution in [0.1, 0.15) is 39.5 Å². The van der Waals surface area contributed by atoms with E-state index in [1.165, 1.54) is 39.5 Å². The smallest absolute Gasteiger partial charge is 0.257 e. The number of carbonyl (C=O) groups is 2. The van der Waals surface area contributed by atoms with Gasteiger partial charge in [0.15, 0.2) is 5.67 Å². The number of hydrogen-bond acceptors (Lipinski definition) is 2. The van der Waals surface area contributed by atoms with Crippen molar-refractivity contribution in [2.75, 3.05) is 19.6 Å². The molecule has 1 aliphatic heterocycles. The number of nitrogens with one attached hydrogen (secondary N) is 1. The average molecular weight is 270 g/mol. The molecule has 0 bridgehead atoms. The van der Waals surface area contributed by atoms with Crippen molar-refractivity contribution in [1.82, 2.24) is 10.2 Å². The number of halogens is 1. The molecule has 108 valence electrons. The van der Waals surface area contributed by atoms with Crippen LogP contribution in [0.2, 0.25) is 0 Å². The largest absolute Gasteiger partial charge is 0.344 e. The van der Waals surface area contributed by atoms with Gasteiger partial charge >= 0.3 is 0 Å². The van der Waals surface area contributed by atoms with E-state index in [9.17, 15) is 14.0 Å². The van der Waals surface area contributed by atoms with Crippen LogP contribution in [-0.4, -0.2) is 42.0 Å². The molecule has 1 saturated heterocycles. The molecule has 2 aliphatic rings. The van der Waals surface area contributed by atoms with E-state index < -0.39 is 11.6 Å². The summed E-state index contributed by atoms with van der Waals surface area (Å²) in [5.41, 5.74) is -1.93. The van der Waals surface area contributed by atoms with E-state index in [1.54, 1.807) is 0 Å². The fourth-order valence-corrected chi connectivity index (χ4v) is 3.09. The minimum absolute atomic E-state index is 0.0907. The molecule has 2 fully saturated rings. The van der Waals surface area contributed by atoms with E-state index in [0.29, 0.717) is 11.8 Å². The summed E-state index contributed by atoms with van der Waals surface area (Å²) in [6.45, 7) is 3.90. The summed E-state index contributed by atoms with van der Waals surface area (Å²) in [7, 11) is 0. The highest BCUT2D eigenvalue weighted by atomic mass is 19.1. The Labute approximate surface area is 113 Å². The topological polar surface area (TPSA) is 49.4 Å². The molecule has 2 rings (SSSR count). The summed E-state index contributed by atoms with van der Waals surface area (Å²) in [5, 5.41) is 2.38. The lowest BCUT2D eigenvalue weighted by molar-refractivity contribution is -0.135. The maximum Gasteiger partial charge on any atom is 0.257 e. The lowest BCUT2D eigenvalue weighted by atomic mass is 9.82. The average Bonchev–Trinajstić information content (AvgIpc) is 2.78. The highest BCUT2D eigenvalue weighted by Crippen LogP contribution is 2.35. The molecule has 0 radical (unpaired) electrons. The SMILES string of the molecule is CC(C)(F)C(=O)NCC(=O)N1CC2CCCCC2C1. The first kappa shape index (κ1) is 14.3.